The number of carbonyl (C=O) groups is 1. The van der Waals surface area contributed by atoms with Crippen molar-refractivity contribution in [1.82, 2.24) is 10.2 Å². The molecule has 1 N–H and O–H groups in total. The number of hydrogen-bond acceptors (Lipinski definition) is 3. The van der Waals surface area contributed by atoms with E-state index in [2.05, 4.69) is 35.6 Å². The van der Waals surface area contributed by atoms with Crippen molar-refractivity contribution < 1.29 is 4.79 Å². The molecule has 1 amide bonds. The van der Waals surface area contributed by atoms with Gasteiger partial charge in [-0.15, -0.1) is 24.2 Å². The number of carbonyl (C=O) groups excluding carboxylic acids is 1. The molecule has 112 valence electrons. The molecule has 1 heterocycles. The highest BCUT2D eigenvalue weighted by atomic mass is 35.5. The van der Waals surface area contributed by atoms with Crippen LogP contribution in [0, 0.1) is 0 Å². The molecule has 1 aliphatic rings. The summed E-state index contributed by atoms with van der Waals surface area (Å²) >= 11 is 1.78. The highest BCUT2D eigenvalue weighted by Crippen LogP contribution is 2.17. The summed E-state index contributed by atoms with van der Waals surface area (Å²) in [5, 5.41) is 5.68. The van der Waals surface area contributed by atoms with Crippen molar-refractivity contribution >= 4 is 40.8 Å². The number of rotatable bonds is 3. The summed E-state index contributed by atoms with van der Waals surface area (Å²) in [5.41, 5.74) is 1.17. The molecule has 1 unspecified atom stereocenters. The van der Waals surface area contributed by atoms with Crippen molar-refractivity contribution in [2.45, 2.75) is 12.6 Å². The van der Waals surface area contributed by atoms with Gasteiger partial charge in [0.1, 0.15) is 0 Å². The van der Waals surface area contributed by atoms with E-state index in [0.29, 0.717) is 6.54 Å². The minimum atomic E-state index is -0.0227. The van der Waals surface area contributed by atoms with Crippen molar-refractivity contribution in [3.8, 4) is 0 Å². The van der Waals surface area contributed by atoms with Gasteiger partial charge in [-0.25, -0.2) is 0 Å². The number of likely N-dealkylation sites (N-methyl/N-ethyl adjacent to an activating group) is 1. The topological polar surface area (TPSA) is 32.3 Å². The molecular weight excluding hydrogens is 304 g/mol. The Bertz CT molecular complexity index is 628. The summed E-state index contributed by atoms with van der Waals surface area (Å²) in [6, 6.07) is 14.7. The zero-order valence-corrected chi connectivity index (χ0v) is 13.5. The first-order valence-corrected chi connectivity index (χ1v) is 7.93. The summed E-state index contributed by atoms with van der Waals surface area (Å²) in [4.78, 5) is 14.1. The Balaban J connectivity index is 0.00000161. The van der Waals surface area contributed by atoms with Crippen LogP contribution in [0.2, 0.25) is 0 Å². The van der Waals surface area contributed by atoms with Crippen LogP contribution in [0.4, 0.5) is 0 Å². The second-order valence-corrected chi connectivity index (χ2v) is 6.18. The quantitative estimate of drug-likeness (QED) is 0.943. The number of fused-ring (bicyclic) bond motifs is 1. The van der Waals surface area contributed by atoms with Crippen molar-refractivity contribution in [1.29, 1.82) is 0 Å². The Hall–Kier alpha value is -1.23. The summed E-state index contributed by atoms with van der Waals surface area (Å²) in [5.74, 6) is 1.93. The summed E-state index contributed by atoms with van der Waals surface area (Å²) in [7, 11) is 1.88. The van der Waals surface area contributed by atoms with Crippen molar-refractivity contribution in [3.63, 3.8) is 0 Å². The van der Waals surface area contributed by atoms with Crippen molar-refractivity contribution in [2.75, 3.05) is 18.7 Å². The summed E-state index contributed by atoms with van der Waals surface area (Å²) in [6.45, 7) is 0.659. The third-order valence-corrected chi connectivity index (χ3v) is 4.56. The first kappa shape index (κ1) is 16.1. The molecule has 0 aliphatic carbocycles. The van der Waals surface area contributed by atoms with Gasteiger partial charge < -0.3 is 4.90 Å². The van der Waals surface area contributed by atoms with Gasteiger partial charge in [-0.3, -0.25) is 10.1 Å². The minimum Gasteiger partial charge on any atom is -0.340 e. The van der Waals surface area contributed by atoms with Crippen LogP contribution in [0.15, 0.2) is 42.5 Å². The molecular formula is C16H19ClN2OS. The van der Waals surface area contributed by atoms with Crippen LogP contribution >= 0.6 is 24.2 Å². The van der Waals surface area contributed by atoms with Gasteiger partial charge in [-0.05, 0) is 22.4 Å². The molecule has 3 nitrogen and oxygen atoms in total. The number of amides is 1. The highest BCUT2D eigenvalue weighted by Gasteiger charge is 2.25. The van der Waals surface area contributed by atoms with E-state index >= 15 is 0 Å². The van der Waals surface area contributed by atoms with Crippen LogP contribution in [0.5, 0.6) is 0 Å². The average Bonchev–Trinajstić information content (AvgIpc) is 3.00. The maximum absolute atomic E-state index is 12.3. The normalized spacial score (nSPS) is 17.5. The molecule has 1 fully saturated rings. The lowest BCUT2D eigenvalue weighted by atomic mass is 10.1. The lowest BCUT2D eigenvalue weighted by molar-refractivity contribution is -0.131. The standard InChI is InChI=1S/C16H18N2OS.ClH/c1-18(16(19)15-10-20-11-17-15)9-12-6-7-13-4-2-3-5-14(13)8-12;/h2-8,15,17H,9-11H2,1H3;1H. The third kappa shape index (κ3) is 3.70. The van der Waals surface area contributed by atoms with Gasteiger partial charge in [0.2, 0.25) is 5.91 Å². The highest BCUT2D eigenvalue weighted by molar-refractivity contribution is 7.99. The molecule has 1 saturated heterocycles. The third-order valence-electron chi connectivity index (χ3n) is 3.62. The van der Waals surface area contributed by atoms with Gasteiger partial charge in [-0.1, -0.05) is 36.4 Å². The van der Waals surface area contributed by atoms with Gasteiger partial charge >= 0.3 is 0 Å². The fraction of sp³-hybridized carbons (Fsp3) is 0.312. The smallest absolute Gasteiger partial charge is 0.240 e. The average molecular weight is 323 g/mol. The number of thioether (sulfide) groups is 1. The Kier molecular flexibility index (Phi) is 5.51. The van der Waals surface area contributed by atoms with Gasteiger partial charge in [0.05, 0.1) is 6.04 Å². The first-order valence-electron chi connectivity index (χ1n) is 6.78. The van der Waals surface area contributed by atoms with E-state index in [1.54, 1.807) is 11.8 Å². The number of hydrogen-bond donors (Lipinski definition) is 1. The molecule has 0 radical (unpaired) electrons. The van der Waals surface area contributed by atoms with Crippen LogP contribution in [-0.4, -0.2) is 35.5 Å². The summed E-state index contributed by atoms with van der Waals surface area (Å²) in [6.07, 6.45) is 0. The molecule has 0 saturated carbocycles. The van der Waals surface area contributed by atoms with Crippen LogP contribution in [-0.2, 0) is 11.3 Å². The predicted octanol–water partition coefficient (Wildman–Crippen LogP) is 2.88. The van der Waals surface area contributed by atoms with Gasteiger partial charge in [0.25, 0.3) is 0 Å². The number of halogens is 1. The van der Waals surface area contributed by atoms with Gasteiger partial charge in [0.15, 0.2) is 0 Å². The Morgan fingerprint density at radius 3 is 2.76 bits per heavy atom. The Labute approximate surface area is 135 Å². The molecule has 0 aromatic heterocycles. The molecule has 1 atom stereocenters. The molecule has 5 heteroatoms. The second kappa shape index (κ2) is 7.16. The maximum Gasteiger partial charge on any atom is 0.240 e. The van der Waals surface area contributed by atoms with E-state index in [1.165, 1.54) is 16.3 Å². The monoisotopic (exact) mass is 322 g/mol. The molecule has 21 heavy (non-hydrogen) atoms. The fourth-order valence-corrected chi connectivity index (χ4v) is 3.44. The van der Waals surface area contributed by atoms with Crippen LogP contribution in [0.1, 0.15) is 5.56 Å². The first-order chi connectivity index (χ1) is 9.74. The molecule has 2 aromatic carbocycles. The fourth-order valence-electron chi connectivity index (χ4n) is 2.51. The summed E-state index contributed by atoms with van der Waals surface area (Å²) < 4.78 is 0. The Morgan fingerprint density at radius 2 is 2.05 bits per heavy atom. The molecule has 2 aromatic rings. The zero-order chi connectivity index (χ0) is 13.9. The van der Waals surface area contributed by atoms with Crippen molar-refractivity contribution in [2.24, 2.45) is 0 Å². The minimum absolute atomic E-state index is 0. The van der Waals surface area contributed by atoms with Crippen molar-refractivity contribution in [3.05, 3.63) is 48.0 Å². The lowest BCUT2D eigenvalue weighted by Crippen LogP contribution is -2.42. The predicted molar refractivity (Wildman–Crippen MR) is 91.9 cm³/mol. The van der Waals surface area contributed by atoms with E-state index in [9.17, 15) is 4.79 Å². The molecule has 3 rings (SSSR count). The van der Waals surface area contributed by atoms with Gasteiger partial charge in [-0.2, -0.15) is 0 Å². The van der Waals surface area contributed by atoms with Gasteiger partial charge in [0, 0.05) is 25.2 Å². The van der Waals surface area contributed by atoms with Crippen LogP contribution in [0.25, 0.3) is 10.8 Å². The molecule has 0 bridgehead atoms. The van der Waals surface area contributed by atoms with Crippen LogP contribution in [0.3, 0.4) is 0 Å². The zero-order valence-electron chi connectivity index (χ0n) is 11.9. The Morgan fingerprint density at radius 1 is 1.29 bits per heavy atom. The second-order valence-electron chi connectivity index (χ2n) is 5.15. The van der Waals surface area contributed by atoms with E-state index in [4.69, 9.17) is 0 Å². The SMILES string of the molecule is CN(Cc1ccc2ccccc2c1)C(=O)C1CSCN1.Cl. The maximum atomic E-state index is 12.3. The van der Waals surface area contributed by atoms with E-state index in [0.717, 1.165) is 11.6 Å². The van der Waals surface area contributed by atoms with E-state index in [-0.39, 0.29) is 24.4 Å². The van der Waals surface area contributed by atoms with E-state index < -0.39 is 0 Å². The number of benzene rings is 2. The molecule has 0 spiro atoms. The largest absolute Gasteiger partial charge is 0.340 e. The van der Waals surface area contributed by atoms with Crippen LogP contribution < -0.4 is 5.32 Å². The van der Waals surface area contributed by atoms with E-state index in [1.807, 2.05) is 24.1 Å². The number of nitrogens with one attached hydrogen (secondary N) is 1. The number of nitrogens with zero attached hydrogens (tertiary/aromatic N) is 1. The lowest BCUT2D eigenvalue weighted by Gasteiger charge is -2.21. The molecule has 1 aliphatic heterocycles.